The van der Waals surface area contributed by atoms with Crippen LogP contribution in [0.2, 0.25) is 0 Å². The number of anilines is 1. The highest BCUT2D eigenvalue weighted by Crippen LogP contribution is 2.30. The fourth-order valence-electron chi connectivity index (χ4n) is 3.76. The van der Waals surface area contributed by atoms with Crippen LogP contribution in [-0.2, 0) is 6.18 Å². The Hall–Kier alpha value is -4.28. The molecule has 1 amide bonds. The number of nitrogens with one attached hydrogen (secondary N) is 1. The van der Waals surface area contributed by atoms with Crippen LogP contribution in [0, 0.1) is 0 Å². The maximum absolute atomic E-state index is 13.7. The number of rotatable bonds is 5. The van der Waals surface area contributed by atoms with Crippen LogP contribution in [-0.4, -0.2) is 15.5 Å². The van der Waals surface area contributed by atoms with Gasteiger partial charge in [0.05, 0.1) is 28.4 Å². The lowest BCUT2D eigenvalue weighted by atomic mass is 10.1. The number of hydrogen-bond acceptors (Lipinski definition) is 4. The van der Waals surface area contributed by atoms with Gasteiger partial charge in [-0.1, -0.05) is 6.07 Å². The highest BCUT2D eigenvalue weighted by molar-refractivity contribution is 5.98. The van der Waals surface area contributed by atoms with E-state index in [-0.39, 0.29) is 28.0 Å². The molecule has 0 saturated heterocycles. The molecule has 2 heterocycles. The monoisotopic (exact) mass is 502 g/mol. The first kappa shape index (κ1) is 24.8. The van der Waals surface area contributed by atoms with Gasteiger partial charge in [-0.25, -0.2) is 13.8 Å². The van der Waals surface area contributed by atoms with E-state index in [4.69, 9.17) is 5.73 Å². The SMILES string of the molecule is C[C@H](NC(=O)c1ccc2c(c1)cc(C(F)F)c(=O)n2-c1ccc(C(F)(F)F)cc1)c1cccc(N)n1. The number of aromatic nitrogens is 2. The molecule has 2 aromatic carbocycles. The molecular weight excluding hydrogens is 483 g/mol. The second-order valence-corrected chi connectivity index (χ2v) is 8.04. The molecule has 6 nitrogen and oxygen atoms in total. The van der Waals surface area contributed by atoms with Crippen LogP contribution in [0.4, 0.5) is 27.8 Å². The van der Waals surface area contributed by atoms with E-state index in [0.717, 1.165) is 34.9 Å². The van der Waals surface area contributed by atoms with Crippen molar-refractivity contribution in [2.45, 2.75) is 25.6 Å². The number of fused-ring (bicyclic) bond motifs is 1. The number of halogens is 5. The van der Waals surface area contributed by atoms with Gasteiger partial charge in [0.2, 0.25) is 0 Å². The smallest absolute Gasteiger partial charge is 0.384 e. The summed E-state index contributed by atoms with van der Waals surface area (Å²) in [6.07, 6.45) is -7.74. The van der Waals surface area contributed by atoms with Gasteiger partial charge in [0.15, 0.2) is 0 Å². The van der Waals surface area contributed by atoms with Crippen LogP contribution in [0.5, 0.6) is 0 Å². The highest BCUT2D eigenvalue weighted by atomic mass is 19.4. The van der Waals surface area contributed by atoms with Gasteiger partial charge in [-0.3, -0.25) is 14.2 Å². The van der Waals surface area contributed by atoms with Gasteiger partial charge in [-0.2, -0.15) is 13.2 Å². The van der Waals surface area contributed by atoms with Crippen molar-refractivity contribution in [1.82, 2.24) is 14.9 Å². The molecule has 0 aliphatic carbocycles. The summed E-state index contributed by atoms with van der Waals surface area (Å²) in [5.41, 5.74) is 3.55. The van der Waals surface area contributed by atoms with Crippen LogP contribution in [0.3, 0.4) is 0 Å². The van der Waals surface area contributed by atoms with Gasteiger partial charge in [0, 0.05) is 16.6 Å². The largest absolute Gasteiger partial charge is 0.416 e. The molecule has 0 saturated carbocycles. The number of nitrogens with two attached hydrogens (primary N) is 1. The Balaban J connectivity index is 1.76. The first-order chi connectivity index (χ1) is 17.0. The average Bonchev–Trinajstić information content (AvgIpc) is 2.82. The third kappa shape index (κ3) is 4.90. The van der Waals surface area contributed by atoms with Crippen molar-refractivity contribution >= 4 is 22.6 Å². The van der Waals surface area contributed by atoms with Gasteiger partial charge >= 0.3 is 6.18 Å². The Morgan fingerprint density at radius 3 is 2.33 bits per heavy atom. The normalized spacial score (nSPS) is 12.6. The summed E-state index contributed by atoms with van der Waals surface area (Å²) in [5.74, 6) is -0.250. The lowest BCUT2D eigenvalue weighted by molar-refractivity contribution is -0.137. The summed E-state index contributed by atoms with van der Waals surface area (Å²) in [7, 11) is 0. The van der Waals surface area contributed by atoms with Crippen molar-refractivity contribution in [2.24, 2.45) is 0 Å². The number of hydrogen-bond donors (Lipinski definition) is 2. The minimum absolute atomic E-state index is 0.0286. The van der Waals surface area contributed by atoms with Gasteiger partial charge in [0.25, 0.3) is 17.9 Å². The number of carbonyl (C=O) groups is 1. The Labute approximate surface area is 201 Å². The number of carbonyl (C=O) groups excluding carboxylic acids is 1. The number of alkyl halides is 5. The quantitative estimate of drug-likeness (QED) is 0.357. The Morgan fingerprint density at radius 2 is 1.72 bits per heavy atom. The molecule has 0 aliphatic heterocycles. The van der Waals surface area contributed by atoms with Gasteiger partial charge < -0.3 is 11.1 Å². The van der Waals surface area contributed by atoms with Crippen LogP contribution < -0.4 is 16.6 Å². The zero-order valence-corrected chi connectivity index (χ0v) is 18.7. The first-order valence-corrected chi connectivity index (χ1v) is 10.6. The molecule has 4 rings (SSSR count). The van der Waals surface area contributed by atoms with Crippen molar-refractivity contribution in [3.8, 4) is 5.69 Å². The Bertz CT molecular complexity index is 1500. The minimum atomic E-state index is -4.60. The summed E-state index contributed by atoms with van der Waals surface area (Å²) in [5, 5.41) is 2.87. The number of nitrogen functional groups attached to an aromatic ring is 1. The number of pyridine rings is 2. The number of nitrogens with zero attached hydrogens (tertiary/aromatic N) is 2. The third-order valence-corrected chi connectivity index (χ3v) is 5.56. The number of benzene rings is 2. The van der Waals surface area contributed by atoms with E-state index in [1.807, 2.05) is 0 Å². The molecule has 3 N–H and O–H groups in total. The highest BCUT2D eigenvalue weighted by Gasteiger charge is 2.30. The lowest BCUT2D eigenvalue weighted by Gasteiger charge is -2.16. The van der Waals surface area contributed by atoms with Crippen LogP contribution in [0.1, 0.15) is 46.6 Å². The van der Waals surface area contributed by atoms with Gasteiger partial charge in [0.1, 0.15) is 5.82 Å². The molecule has 0 fully saturated rings. The van der Waals surface area contributed by atoms with Gasteiger partial charge in [-0.05, 0) is 67.6 Å². The molecule has 0 unspecified atom stereocenters. The van der Waals surface area contributed by atoms with E-state index < -0.39 is 41.2 Å². The van der Waals surface area contributed by atoms with E-state index in [2.05, 4.69) is 10.3 Å². The van der Waals surface area contributed by atoms with Crippen molar-refractivity contribution < 1.29 is 26.7 Å². The standard InChI is InChI=1S/C25H19F5N4O2/c1-13(19-3-2-4-21(31)33-19)32-23(35)14-5-10-20-15(11-14)12-18(22(26)27)24(36)34(20)17-8-6-16(7-9-17)25(28,29)30/h2-13,22H,1H3,(H2,31,33)(H,32,35)/t13-/m0/s1. The fourth-order valence-corrected chi connectivity index (χ4v) is 3.76. The summed E-state index contributed by atoms with van der Waals surface area (Å²) >= 11 is 0. The summed E-state index contributed by atoms with van der Waals surface area (Å²) in [4.78, 5) is 29.8. The second-order valence-electron chi connectivity index (χ2n) is 8.04. The van der Waals surface area contributed by atoms with Crippen molar-refractivity contribution in [1.29, 1.82) is 0 Å². The summed E-state index contributed by atoms with van der Waals surface area (Å²) in [6, 6.07) is 13.1. The molecule has 2 aromatic heterocycles. The molecule has 1 atom stereocenters. The van der Waals surface area contributed by atoms with Crippen molar-refractivity contribution in [2.75, 3.05) is 5.73 Å². The minimum Gasteiger partial charge on any atom is -0.384 e. The fraction of sp³-hybridized carbons (Fsp3) is 0.160. The predicted octanol–water partition coefficient (Wildman–Crippen LogP) is 5.42. The summed E-state index contributed by atoms with van der Waals surface area (Å²) < 4.78 is 67.1. The number of amides is 1. The second kappa shape index (κ2) is 9.40. The molecule has 0 bridgehead atoms. The van der Waals surface area contributed by atoms with Crippen LogP contribution >= 0.6 is 0 Å². The molecule has 0 radical (unpaired) electrons. The molecule has 0 spiro atoms. The van der Waals surface area contributed by atoms with E-state index in [0.29, 0.717) is 5.69 Å². The third-order valence-electron chi connectivity index (χ3n) is 5.56. The molecule has 4 aromatic rings. The molecule has 0 aliphatic rings. The van der Waals surface area contributed by atoms with Gasteiger partial charge in [-0.15, -0.1) is 0 Å². The maximum Gasteiger partial charge on any atom is 0.416 e. The van der Waals surface area contributed by atoms with E-state index in [1.54, 1.807) is 25.1 Å². The average molecular weight is 502 g/mol. The maximum atomic E-state index is 13.7. The van der Waals surface area contributed by atoms with Crippen LogP contribution in [0.15, 0.2) is 71.5 Å². The van der Waals surface area contributed by atoms with Crippen molar-refractivity contribution in [3.63, 3.8) is 0 Å². The zero-order chi connectivity index (χ0) is 26.2. The molecule has 186 valence electrons. The first-order valence-electron chi connectivity index (χ1n) is 10.6. The van der Waals surface area contributed by atoms with E-state index >= 15 is 0 Å². The van der Waals surface area contributed by atoms with E-state index in [1.165, 1.54) is 18.2 Å². The lowest BCUT2D eigenvalue weighted by Crippen LogP contribution is -2.27. The summed E-state index contributed by atoms with van der Waals surface area (Å²) in [6.45, 7) is 1.69. The zero-order valence-electron chi connectivity index (χ0n) is 18.7. The van der Waals surface area contributed by atoms with Crippen LogP contribution in [0.25, 0.3) is 16.6 Å². The Kier molecular flexibility index (Phi) is 6.49. The van der Waals surface area contributed by atoms with Crippen molar-refractivity contribution in [3.05, 3.63) is 99.5 Å². The Morgan fingerprint density at radius 1 is 1.03 bits per heavy atom. The molecule has 36 heavy (non-hydrogen) atoms. The predicted molar refractivity (Wildman–Crippen MR) is 124 cm³/mol. The topological polar surface area (TPSA) is 90.0 Å². The molecule has 11 heteroatoms. The van der Waals surface area contributed by atoms with E-state index in [9.17, 15) is 31.5 Å². The molecular formula is C25H19F5N4O2.